The predicted molar refractivity (Wildman–Crippen MR) is 55.0 cm³/mol. The van der Waals surface area contributed by atoms with Gasteiger partial charge in [-0.2, -0.15) is 0 Å². The molecule has 0 amide bonds. The fourth-order valence-corrected chi connectivity index (χ4v) is 2.29. The van der Waals surface area contributed by atoms with E-state index in [1.165, 1.54) is 0 Å². The van der Waals surface area contributed by atoms with Crippen molar-refractivity contribution < 1.29 is 9.53 Å². The van der Waals surface area contributed by atoms with Gasteiger partial charge in [0.05, 0.1) is 6.61 Å². The monoisotopic (exact) mass is 194 g/mol. The Morgan fingerprint density at radius 1 is 1.64 bits per heavy atom. The molecule has 0 aromatic heterocycles. The quantitative estimate of drug-likeness (QED) is 0.644. The molecule has 2 aliphatic carbocycles. The average molecular weight is 194 g/mol. The Morgan fingerprint density at radius 3 is 3.00 bits per heavy atom. The fraction of sp³-hybridized carbons (Fsp3) is 0.750. The maximum atomic E-state index is 11.6. The van der Waals surface area contributed by atoms with Crippen LogP contribution in [0.2, 0.25) is 0 Å². The van der Waals surface area contributed by atoms with Crippen molar-refractivity contribution in [3.05, 3.63) is 12.2 Å². The van der Waals surface area contributed by atoms with E-state index in [4.69, 9.17) is 4.74 Å². The van der Waals surface area contributed by atoms with Crippen LogP contribution in [0, 0.1) is 11.8 Å². The number of Topliss-reactive ketones (excluding diaryl/α,β-unsaturated/α-hetero) is 1. The summed E-state index contributed by atoms with van der Waals surface area (Å²) in [5.41, 5.74) is -0.418. The number of ether oxygens (including phenoxy) is 1. The van der Waals surface area contributed by atoms with E-state index in [2.05, 4.69) is 26.0 Å². The van der Waals surface area contributed by atoms with E-state index in [1.54, 1.807) is 0 Å². The smallest absolute Gasteiger partial charge is 0.165 e. The standard InChI is InChI=1S/C12H18O2/c1-9(2)8-14-12-6-4-3-5-10(12)7-11(12)13/h3,5,9-10H,4,6-8H2,1-2H3. The van der Waals surface area contributed by atoms with Gasteiger partial charge in [-0.15, -0.1) is 0 Å². The van der Waals surface area contributed by atoms with E-state index in [0.29, 0.717) is 30.6 Å². The Morgan fingerprint density at radius 2 is 2.43 bits per heavy atom. The molecule has 0 aromatic carbocycles. The molecule has 0 radical (unpaired) electrons. The number of allylic oxidation sites excluding steroid dienone is 1. The molecule has 14 heavy (non-hydrogen) atoms. The first kappa shape index (κ1) is 9.91. The third kappa shape index (κ3) is 1.42. The van der Waals surface area contributed by atoms with Crippen LogP contribution < -0.4 is 0 Å². The highest BCUT2D eigenvalue weighted by Gasteiger charge is 2.55. The highest BCUT2D eigenvalue weighted by molar-refractivity contribution is 5.95. The fourth-order valence-electron chi connectivity index (χ4n) is 2.29. The Hall–Kier alpha value is -0.630. The van der Waals surface area contributed by atoms with Gasteiger partial charge in [-0.25, -0.2) is 0 Å². The van der Waals surface area contributed by atoms with E-state index in [0.717, 1.165) is 12.8 Å². The molecule has 0 saturated heterocycles. The summed E-state index contributed by atoms with van der Waals surface area (Å²) in [5.74, 6) is 1.18. The van der Waals surface area contributed by atoms with E-state index < -0.39 is 5.60 Å². The summed E-state index contributed by atoms with van der Waals surface area (Å²) in [4.78, 5) is 11.6. The minimum absolute atomic E-state index is 0.313. The summed E-state index contributed by atoms with van der Waals surface area (Å²) in [6.45, 7) is 4.94. The zero-order valence-electron chi connectivity index (χ0n) is 8.95. The second kappa shape index (κ2) is 3.50. The van der Waals surface area contributed by atoms with Crippen molar-refractivity contribution in [2.24, 2.45) is 11.8 Å². The molecule has 0 heterocycles. The summed E-state index contributed by atoms with van der Waals surface area (Å²) in [7, 11) is 0. The number of hydrogen-bond acceptors (Lipinski definition) is 2. The van der Waals surface area contributed by atoms with E-state index >= 15 is 0 Å². The van der Waals surface area contributed by atoms with E-state index in [9.17, 15) is 4.79 Å². The Kier molecular flexibility index (Phi) is 2.48. The summed E-state index contributed by atoms with van der Waals surface area (Å²) >= 11 is 0. The maximum Gasteiger partial charge on any atom is 0.165 e. The predicted octanol–water partition coefficient (Wildman–Crippen LogP) is 2.34. The lowest BCUT2D eigenvalue weighted by atomic mass is 9.63. The second-order valence-corrected chi connectivity index (χ2v) is 4.79. The SMILES string of the molecule is CC(C)COC12CCC=CC1CC2=O. The number of ketones is 1. The van der Waals surface area contributed by atoms with Crippen LogP contribution in [-0.4, -0.2) is 18.0 Å². The normalized spacial score (nSPS) is 35.6. The minimum atomic E-state index is -0.418. The summed E-state index contributed by atoms with van der Waals surface area (Å²) in [5, 5.41) is 0. The maximum absolute atomic E-state index is 11.6. The lowest BCUT2D eigenvalue weighted by molar-refractivity contribution is -0.175. The summed E-state index contributed by atoms with van der Waals surface area (Å²) in [6.07, 6.45) is 6.90. The Bertz CT molecular complexity index is 267. The Labute approximate surface area is 85.3 Å². The van der Waals surface area contributed by atoms with Crippen LogP contribution >= 0.6 is 0 Å². The van der Waals surface area contributed by atoms with Crippen LogP contribution in [0.3, 0.4) is 0 Å². The van der Waals surface area contributed by atoms with Gasteiger partial charge in [-0.1, -0.05) is 26.0 Å². The van der Waals surface area contributed by atoms with E-state index in [-0.39, 0.29) is 0 Å². The molecule has 2 nitrogen and oxygen atoms in total. The van der Waals surface area contributed by atoms with Crippen LogP contribution in [0.5, 0.6) is 0 Å². The lowest BCUT2D eigenvalue weighted by Gasteiger charge is -2.48. The molecule has 2 unspecified atom stereocenters. The van der Waals surface area contributed by atoms with E-state index in [1.807, 2.05) is 0 Å². The molecule has 0 spiro atoms. The Balaban J connectivity index is 2.04. The first-order valence-corrected chi connectivity index (χ1v) is 5.49. The third-order valence-corrected chi connectivity index (χ3v) is 3.20. The van der Waals surface area contributed by atoms with Crippen LogP contribution in [0.15, 0.2) is 12.2 Å². The van der Waals surface area contributed by atoms with Crippen LogP contribution in [0.4, 0.5) is 0 Å². The van der Waals surface area contributed by atoms with Crippen molar-refractivity contribution in [3.8, 4) is 0 Å². The van der Waals surface area contributed by atoms with Crippen LogP contribution in [0.1, 0.15) is 33.1 Å². The van der Waals surface area contributed by atoms with Crippen molar-refractivity contribution in [3.63, 3.8) is 0 Å². The molecule has 1 fully saturated rings. The van der Waals surface area contributed by atoms with Crippen LogP contribution in [0.25, 0.3) is 0 Å². The van der Waals surface area contributed by atoms with Gasteiger partial charge in [0.15, 0.2) is 5.78 Å². The molecule has 2 rings (SSSR count). The van der Waals surface area contributed by atoms with Crippen molar-refractivity contribution >= 4 is 5.78 Å². The molecule has 2 heteroatoms. The molecule has 0 aromatic rings. The number of fused-ring (bicyclic) bond motifs is 1. The zero-order chi connectivity index (χ0) is 10.2. The van der Waals surface area contributed by atoms with Crippen molar-refractivity contribution in [2.75, 3.05) is 6.61 Å². The topological polar surface area (TPSA) is 26.3 Å². The van der Waals surface area contributed by atoms with Crippen molar-refractivity contribution in [2.45, 2.75) is 38.7 Å². The van der Waals surface area contributed by atoms with Crippen molar-refractivity contribution in [1.82, 2.24) is 0 Å². The molecule has 2 atom stereocenters. The number of carbonyl (C=O) groups is 1. The molecule has 0 bridgehead atoms. The lowest BCUT2D eigenvalue weighted by Crippen LogP contribution is -2.59. The largest absolute Gasteiger partial charge is 0.366 e. The molecule has 2 aliphatic rings. The highest BCUT2D eigenvalue weighted by Crippen LogP contribution is 2.45. The number of hydrogen-bond donors (Lipinski definition) is 0. The first-order valence-electron chi connectivity index (χ1n) is 5.49. The number of rotatable bonds is 3. The van der Waals surface area contributed by atoms with Gasteiger partial charge in [0.25, 0.3) is 0 Å². The highest BCUT2D eigenvalue weighted by atomic mass is 16.5. The molecular formula is C12H18O2. The van der Waals surface area contributed by atoms with Crippen LogP contribution in [-0.2, 0) is 9.53 Å². The molecule has 0 aliphatic heterocycles. The summed E-state index contributed by atoms with van der Waals surface area (Å²) in [6, 6.07) is 0. The van der Waals surface area contributed by atoms with Gasteiger partial charge in [0, 0.05) is 12.3 Å². The summed E-state index contributed by atoms with van der Waals surface area (Å²) < 4.78 is 5.84. The molecule has 1 saturated carbocycles. The second-order valence-electron chi connectivity index (χ2n) is 4.79. The zero-order valence-corrected chi connectivity index (χ0v) is 8.95. The van der Waals surface area contributed by atoms with Gasteiger partial charge in [0.2, 0.25) is 0 Å². The van der Waals surface area contributed by atoms with Gasteiger partial charge < -0.3 is 4.74 Å². The number of carbonyl (C=O) groups excluding carboxylic acids is 1. The van der Waals surface area contributed by atoms with Crippen molar-refractivity contribution in [1.29, 1.82) is 0 Å². The van der Waals surface area contributed by atoms with Gasteiger partial charge in [-0.3, -0.25) is 4.79 Å². The van der Waals surface area contributed by atoms with Gasteiger partial charge in [0.1, 0.15) is 5.60 Å². The molecule has 78 valence electrons. The third-order valence-electron chi connectivity index (χ3n) is 3.20. The molecular weight excluding hydrogens is 176 g/mol. The first-order chi connectivity index (χ1) is 6.65. The average Bonchev–Trinajstić information content (AvgIpc) is 2.14. The van der Waals surface area contributed by atoms with Gasteiger partial charge in [-0.05, 0) is 18.8 Å². The minimum Gasteiger partial charge on any atom is -0.366 e. The molecule has 0 N–H and O–H groups in total. The van der Waals surface area contributed by atoms with Gasteiger partial charge >= 0.3 is 0 Å².